The van der Waals surface area contributed by atoms with Gasteiger partial charge in [-0.15, -0.1) is 0 Å². The van der Waals surface area contributed by atoms with Crippen molar-refractivity contribution in [2.24, 2.45) is 0 Å². The molecule has 1 heterocycles. The Kier molecular flexibility index (Phi) is 8.14. The van der Waals surface area contributed by atoms with E-state index in [1.807, 2.05) is 45.9 Å². The standard InChI is InChI=1S/C27H34FNO4/c1-6-7-14-31-25-22-16-21(29-17-19-8-10-20(28)11-9-19)12-13-23(22)33-27(4,5)26(25)32-24(30)15-18(2)3/h8-13,15-16,25-26,29H,6-7,14,17H2,1-5H3. The van der Waals surface area contributed by atoms with Crippen LogP contribution in [0.3, 0.4) is 0 Å². The molecule has 0 aliphatic carbocycles. The molecule has 2 atom stereocenters. The van der Waals surface area contributed by atoms with Gasteiger partial charge in [-0.3, -0.25) is 0 Å². The first-order chi connectivity index (χ1) is 15.7. The van der Waals surface area contributed by atoms with Gasteiger partial charge in [0.2, 0.25) is 0 Å². The van der Waals surface area contributed by atoms with Crippen LogP contribution in [0.2, 0.25) is 0 Å². The summed E-state index contributed by atoms with van der Waals surface area (Å²) < 4.78 is 31.6. The summed E-state index contributed by atoms with van der Waals surface area (Å²) in [5.74, 6) is 0.0474. The number of fused-ring (bicyclic) bond motifs is 1. The monoisotopic (exact) mass is 455 g/mol. The number of ether oxygens (including phenoxy) is 3. The molecule has 178 valence electrons. The zero-order valence-electron chi connectivity index (χ0n) is 20.1. The third kappa shape index (κ3) is 6.57. The van der Waals surface area contributed by atoms with Gasteiger partial charge in [0.15, 0.2) is 6.10 Å². The molecule has 0 saturated heterocycles. The highest BCUT2D eigenvalue weighted by Gasteiger charge is 2.47. The van der Waals surface area contributed by atoms with Crippen LogP contribution < -0.4 is 10.1 Å². The van der Waals surface area contributed by atoms with Crippen LogP contribution in [-0.4, -0.2) is 24.3 Å². The van der Waals surface area contributed by atoms with E-state index in [-0.39, 0.29) is 5.82 Å². The number of carbonyl (C=O) groups excluding carboxylic acids is 1. The first kappa shape index (κ1) is 24.8. The Morgan fingerprint density at radius 1 is 1.18 bits per heavy atom. The zero-order chi connectivity index (χ0) is 24.0. The van der Waals surface area contributed by atoms with E-state index in [1.165, 1.54) is 18.2 Å². The van der Waals surface area contributed by atoms with Crippen LogP contribution >= 0.6 is 0 Å². The molecule has 1 N–H and O–H groups in total. The van der Waals surface area contributed by atoms with Gasteiger partial charge in [0.05, 0.1) is 0 Å². The van der Waals surface area contributed by atoms with Crippen LogP contribution in [0.25, 0.3) is 0 Å². The second kappa shape index (κ2) is 10.8. The molecule has 3 rings (SSSR count). The van der Waals surface area contributed by atoms with E-state index in [0.29, 0.717) is 18.9 Å². The molecule has 0 saturated carbocycles. The van der Waals surface area contributed by atoms with Crippen molar-refractivity contribution in [1.82, 2.24) is 0 Å². The highest BCUT2D eigenvalue weighted by atomic mass is 19.1. The van der Waals surface area contributed by atoms with Crippen LogP contribution in [0.15, 0.2) is 54.1 Å². The van der Waals surface area contributed by atoms with Gasteiger partial charge in [-0.25, -0.2) is 9.18 Å². The lowest BCUT2D eigenvalue weighted by molar-refractivity contribution is -0.179. The largest absolute Gasteiger partial charge is 0.483 e. The molecular formula is C27H34FNO4. The number of esters is 1. The second-order valence-electron chi connectivity index (χ2n) is 9.16. The molecule has 0 bridgehead atoms. The topological polar surface area (TPSA) is 56.8 Å². The molecule has 1 aliphatic heterocycles. The summed E-state index contributed by atoms with van der Waals surface area (Å²) in [5.41, 5.74) is 2.78. The second-order valence-corrected chi connectivity index (χ2v) is 9.16. The van der Waals surface area contributed by atoms with Crippen molar-refractivity contribution >= 4 is 11.7 Å². The van der Waals surface area contributed by atoms with Crippen molar-refractivity contribution in [2.45, 2.75) is 71.8 Å². The lowest BCUT2D eigenvalue weighted by Crippen LogP contribution is -2.51. The van der Waals surface area contributed by atoms with Crippen LogP contribution in [0.5, 0.6) is 5.75 Å². The predicted octanol–water partition coefficient (Wildman–Crippen LogP) is 6.34. The summed E-state index contributed by atoms with van der Waals surface area (Å²) in [4.78, 5) is 12.5. The number of halogens is 1. The fourth-order valence-corrected chi connectivity index (χ4v) is 3.78. The molecule has 0 amide bonds. The number of carbonyl (C=O) groups is 1. The minimum Gasteiger partial charge on any atom is -0.483 e. The van der Waals surface area contributed by atoms with E-state index in [2.05, 4.69) is 12.2 Å². The third-order valence-electron chi connectivity index (χ3n) is 5.50. The number of nitrogens with one attached hydrogen (secondary N) is 1. The van der Waals surface area contributed by atoms with E-state index in [9.17, 15) is 9.18 Å². The Bertz CT molecular complexity index is 980. The molecule has 0 spiro atoms. The summed E-state index contributed by atoms with van der Waals surface area (Å²) in [5, 5.41) is 3.37. The van der Waals surface area contributed by atoms with Gasteiger partial charge in [0, 0.05) is 30.5 Å². The van der Waals surface area contributed by atoms with Crippen molar-refractivity contribution in [3.05, 3.63) is 71.1 Å². The maximum absolute atomic E-state index is 13.2. The van der Waals surface area contributed by atoms with Crippen molar-refractivity contribution < 1.29 is 23.4 Å². The van der Waals surface area contributed by atoms with Gasteiger partial charge >= 0.3 is 5.97 Å². The number of rotatable bonds is 9. The SMILES string of the molecule is CCCCOC1c2cc(NCc3ccc(F)cc3)ccc2OC(C)(C)C1OC(=O)C=C(C)C. The Morgan fingerprint density at radius 3 is 2.58 bits per heavy atom. The van der Waals surface area contributed by atoms with E-state index < -0.39 is 23.8 Å². The molecule has 0 radical (unpaired) electrons. The number of hydrogen-bond acceptors (Lipinski definition) is 5. The van der Waals surface area contributed by atoms with Crippen molar-refractivity contribution in [2.75, 3.05) is 11.9 Å². The van der Waals surface area contributed by atoms with Crippen molar-refractivity contribution in [3.63, 3.8) is 0 Å². The van der Waals surface area contributed by atoms with Gasteiger partial charge in [-0.05, 0) is 70.0 Å². The molecule has 1 aliphatic rings. The van der Waals surface area contributed by atoms with Gasteiger partial charge in [-0.1, -0.05) is 31.1 Å². The lowest BCUT2D eigenvalue weighted by Gasteiger charge is -2.43. The summed E-state index contributed by atoms with van der Waals surface area (Å²) in [6.45, 7) is 10.7. The molecule has 0 aromatic heterocycles. The Labute approximate surface area is 195 Å². The third-order valence-corrected chi connectivity index (χ3v) is 5.50. The maximum atomic E-state index is 13.2. The molecule has 2 aromatic rings. The smallest absolute Gasteiger partial charge is 0.331 e. The van der Waals surface area contributed by atoms with E-state index in [0.717, 1.165) is 35.2 Å². The van der Waals surface area contributed by atoms with E-state index in [1.54, 1.807) is 12.1 Å². The fraction of sp³-hybridized carbons (Fsp3) is 0.444. The van der Waals surface area contributed by atoms with Crippen molar-refractivity contribution in [1.29, 1.82) is 0 Å². The number of unbranched alkanes of at least 4 members (excludes halogenated alkanes) is 1. The van der Waals surface area contributed by atoms with Crippen molar-refractivity contribution in [3.8, 4) is 5.75 Å². The molecule has 6 heteroatoms. The number of benzene rings is 2. The molecule has 2 aromatic carbocycles. The predicted molar refractivity (Wildman–Crippen MR) is 128 cm³/mol. The van der Waals surface area contributed by atoms with Gasteiger partial charge in [0.1, 0.15) is 23.3 Å². The van der Waals surface area contributed by atoms with Crippen LogP contribution in [0.1, 0.15) is 64.7 Å². The first-order valence-electron chi connectivity index (χ1n) is 11.5. The summed E-state index contributed by atoms with van der Waals surface area (Å²) in [6, 6.07) is 12.2. The quantitative estimate of drug-likeness (QED) is 0.271. The van der Waals surface area contributed by atoms with Crippen LogP contribution in [0, 0.1) is 5.82 Å². The molecule has 5 nitrogen and oxygen atoms in total. The molecular weight excluding hydrogens is 421 g/mol. The van der Waals surface area contributed by atoms with E-state index in [4.69, 9.17) is 14.2 Å². The Hall–Kier alpha value is -2.86. The van der Waals surface area contributed by atoms with Gasteiger partial charge in [-0.2, -0.15) is 0 Å². The number of anilines is 1. The summed E-state index contributed by atoms with van der Waals surface area (Å²) in [6.07, 6.45) is 2.32. The van der Waals surface area contributed by atoms with Crippen LogP contribution in [-0.2, 0) is 20.8 Å². The normalized spacial score (nSPS) is 18.6. The summed E-state index contributed by atoms with van der Waals surface area (Å²) in [7, 11) is 0. The minimum absolute atomic E-state index is 0.256. The molecule has 2 unspecified atom stereocenters. The maximum Gasteiger partial charge on any atom is 0.331 e. The number of allylic oxidation sites excluding steroid dienone is 1. The highest BCUT2D eigenvalue weighted by Crippen LogP contribution is 2.44. The number of hydrogen-bond donors (Lipinski definition) is 1. The van der Waals surface area contributed by atoms with E-state index >= 15 is 0 Å². The lowest BCUT2D eigenvalue weighted by atomic mass is 9.87. The average molecular weight is 456 g/mol. The van der Waals surface area contributed by atoms with Gasteiger partial charge in [0.25, 0.3) is 0 Å². The minimum atomic E-state index is -0.766. The molecule has 0 fully saturated rings. The highest BCUT2D eigenvalue weighted by molar-refractivity contribution is 5.83. The Balaban J connectivity index is 1.88. The Morgan fingerprint density at radius 2 is 1.91 bits per heavy atom. The average Bonchev–Trinajstić information content (AvgIpc) is 2.75. The van der Waals surface area contributed by atoms with Gasteiger partial charge < -0.3 is 19.5 Å². The first-order valence-corrected chi connectivity index (χ1v) is 11.5. The molecule has 33 heavy (non-hydrogen) atoms. The zero-order valence-corrected chi connectivity index (χ0v) is 20.1. The van der Waals surface area contributed by atoms with Crippen LogP contribution in [0.4, 0.5) is 10.1 Å². The fourth-order valence-electron chi connectivity index (χ4n) is 3.78. The summed E-state index contributed by atoms with van der Waals surface area (Å²) >= 11 is 0.